The minimum Gasteiger partial charge on any atom is -0.388 e. The number of halogens is 1. The maximum atomic E-state index is 13.2. The minimum absolute atomic E-state index is 0.186. The molecule has 0 spiro atoms. The van der Waals surface area contributed by atoms with Crippen LogP contribution in [0.4, 0.5) is 10.1 Å². The first-order valence-corrected chi connectivity index (χ1v) is 11.2. The van der Waals surface area contributed by atoms with Crippen LogP contribution in [0.15, 0.2) is 24.3 Å². The van der Waals surface area contributed by atoms with Crippen LogP contribution in [0.2, 0.25) is 0 Å². The SMILES string of the molecule is CC(=O)N1CC[C@H]2[C@H](CCCCN2CC2(O)CCN(c3ccc(F)cc3)CC2)C1. The number of nitrogens with zero attached hydrogens (tertiary/aromatic N) is 3. The maximum absolute atomic E-state index is 13.2. The first-order valence-electron chi connectivity index (χ1n) is 11.2. The molecule has 0 bridgehead atoms. The van der Waals surface area contributed by atoms with Gasteiger partial charge in [0.1, 0.15) is 5.82 Å². The Morgan fingerprint density at radius 1 is 1.10 bits per heavy atom. The van der Waals surface area contributed by atoms with Crippen LogP contribution in [0.3, 0.4) is 0 Å². The molecule has 3 heterocycles. The van der Waals surface area contributed by atoms with E-state index in [4.69, 9.17) is 0 Å². The van der Waals surface area contributed by atoms with E-state index >= 15 is 0 Å². The van der Waals surface area contributed by atoms with E-state index in [9.17, 15) is 14.3 Å². The molecule has 2 atom stereocenters. The Labute approximate surface area is 173 Å². The molecule has 5 nitrogen and oxygen atoms in total. The first-order chi connectivity index (χ1) is 13.9. The number of benzene rings is 1. The van der Waals surface area contributed by atoms with Crippen molar-refractivity contribution in [3.63, 3.8) is 0 Å². The second-order valence-electron chi connectivity index (χ2n) is 9.24. The molecule has 6 heteroatoms. The Kier molecular flexibility index (Phi) is 6.11. The molecular weight excluding hydrogens is 369 g/mol. The summed E-state index contributed by atoms with van der Waals surface area (Å²) in [5.74, 6) is 0.498. The van der Waals surface area contributed by atoms with Crippen molar-refractivity contribution in [3.8, 4) is 0 Å². The van der Waals surface area contributed by atoms with E-state index in [1.165, 1.54) is 31.4 Å². The Bertz CT molecular complexity index is 703. The fourth-order valence-corrected chi connectivity index (χ4v) is 5.52. The van der Waals surface area contributed by atoms with Gasteiger partial charge in [0.2, 0.25) is 5.91 Å². The van der Waals surface area contributed by atoms with E-state index in [1.54, 1.807) is 6.92 Å². The fourth-order valence-electron chi connectivity index (χ4n) is 5.52. The number of likely N-dealkylation sites (tertiary alicyclic amines) is 2. The van der Waals surface area contributed by atoms with E-state index in [-0.39, 0.29) is 11.7 Å². The molecular formula is C23H34FN3O2. The summed E-state index contributed by atoms with van der Waals surface area (Å²) in [6, 6.07) is 7.12. The van der Waals surface area contributed by atoms with Crippen molar-refractivity contribution in [2.24, 2.45) is 5.92 Å². The average molecular weight is 404 g/mol. The summed E-state index contributed by atoms with van der Waals surface area (Å²) in [4.78, 5) is 18.6. The van der Waals surface area contributed by atoms with E-state index in [2.05, 4.69) is 9.80 Å². The second-order valence-corrected chi connectivity index (χ2v) is 9.24. The van der Waals surface area contributed by atoms with Crippen LogP contribution in [0.25, 0.3) is 0 Å². The zero-order valence-electron chi connectivity index (χ0n) is 17.5. The number of rotatable bonds is 3. The number of fused-ring (bicyclic) bond motifs is 1. The zero-order valence-corrected chi connectivity index (χ0v) is 17.5. The number of carbonyl (C=O) groups excluding carboxylic acids is 1. The van der Waals surface area contributed by atoms with Crippen molar-refractivity contribution < 1.29 is 14.3 Å². The zero-order chi connectivity index (χ0) is 20.4. The summed E-state index contributed by atoms with van der Waals surface area (Å²) in [6.07, 6.45) is 6.05. The van der Waals surface area contributed by atoms with Crippen molar-refractivity contribution in [1.82, 2.24) is 9.80 Å². The summed E-state index contributed by atoms with van der Waals surface area (Å²) >= 11 is 0. The number of β-amino-alcohol motifs (C(OH)–C–C–N with tert-alkyl or cyclic N) is 1. The monoisotopic (exact) mass is 403 g/mol. The quantitative estimate of drug-likeness (QED) is 0.843. The molecule has 3 saturated heterocycles. The van der Waals surface area contributed by atoms with Gasteiger partial charge in [0, 0.05) is 51.4 Å². The standard InChI is InChI=1S/C23H34FN3O2/c1-18(28)26-13-9-22-19(16-26)4-2-3-12-27(22)17-23(29)10-14-25(15-11-23)21-7-5-20(24)6-8-21/h5-8,19,22,29H,2-4,9-17H2,1H3/t19-,22+/m1/s1. The molecule has 3 fully saturated rings. The third-order valence-electron chi connectivity index (χ3n) is 7.26. The summed E-state index contributed by atoms with van der Waals surface area (Å²) in [6.45, 7) is 6.74. The van der Waals surface area contributed by atoms with Gasteiger partial charge in [0.15, 0.2) is 0 Å². The lowest BCUT2D eigenvalue weighted by Gasteiger charge is -2.47. The minimum atomic E-state index is -0.664. The molecule has 1 amide bonds. The van der Waals surface area contributed by atoms with Crippen molar-refractivity contribution in [3.05, 3.63) is 30.1 Å². The van der Waals surface area contributed by atoms with Gasteiger partial charge in [-0.1, -0.05) is 6.42 Å². The van der Waals surface area contributed by atoms with Crippen molar-refractivity contribution in [2.45, 2.75) is 57.1 Å². The lowest BCUT2D eigenvalue weighted by atomic mass is 9.85. The van der Waals surface area contributed by atoms with Crippen LogP contribution in [-0.4, -0.2) is 71.7 Å². The van der Waals surface area contributed by atoms with Gasteiger partial charge < -0.3 is 14.9 Å². The molecule has 0 unspecified atom stereocenters. The number of hydrogen-bond acceptors (Lipinski definition) is 4. The number of amides is 1. The van der Waals surface area contributed by atoms with Gasteiger partial charge >= 0.3 is 0 Å². The van der Waals surface area contributed by atoms with Crippen LogP contribution in [-0.2, 0) is 4.79 Å². The Morgan fingerprint density at radius 3 is 2.52 bits per heavy atom. The summed E-state index contributed by atoms with van der Waals surface area (Å²) in [5.41, 5.74) is 0.364. The van der Waals surface area contributed by atoms with E-state index < -0.39 is 5.60 Å². The van der Waals surface area contributed by atoms with Gasteiger partial charge in [-0.3, -0.25) is 9.69 Å². The molecule has 0 aromatic heterocycles. The number of aliphatic hydroxyl groups is 1. The molecule has 0 aliphatic carbocycles. The summed E-state index contributed by atoms with van der Waals surface area (Å²) in [7, 11) is 0. The molecule has 29 heavy (non-hydrogen) atoms. The van der Waals surface area contributed by atoms with Crippen LogP contribution in [0.1, 0.15) is 45.4 Å². The van der Waals surface area contributed by atoms with E-state index in [0.717, 1.165) is 64.2 Å². The molecule has 1 N–H and O–H groups in total. The van der Waals surface area contributed by atoms with Crippen LogP contribution in [0, 0.1) is 11.7 Å². The van der Waals surface area contributed by atoms with Crippen molar-refractivity contribution in [2.75, 3.05) is 44.2 Å². The van der Waals surface area contributed by atoms with Crippen LogP contribution >= 0.6 is 0 Å². The lowest BCUT2D eigenvalue weighted by molar-refractivity contribution is -0.132. The predicted molar refractivity (Wildman–Crippen MR) is 112 cm³/mol. The second kappa shape index (κ2) is 8.60. The highest BCUT2D eigenvalue weighted by Gasteiger charge is 2.40. The third-order valence-corrected chi connectivity index (χ3v) is 7.26. The predicted octanol–water partition coefficient (Wildman–Crippen LogP) is 2.88. The number of piperidine rings is 2. The number of carbonyl (C=O) groups is 1. The highest BCUT2D eigenvalue weighted by Crippen LogP contribution is 2.33. The smallest absolute Gasteiger partial charge is 0.219 e. The molecule has 3 aliphatic rings. The maximum Gasteiger partial charge on any atom is 0.219 e. The van der Waals surface area contributed by atoms with Gasteiger partial charge in [-0.25, -0.2) is 4.39 Å². The fraction of sp³-hybridized carbons (Fsp3) is 0.696. The van der Waals surface area contributed by atoms with Gasteiger partial charge in [0.05, 0.1) is 5.60 Å². The highest BCUT2D eigenvalue weighted by molar-refractivity contribution is 5.73. The number of anilines is 1. The molecule has 160 valence electrons. The largest absolute Gasteiger partial charge is 0.388 e. The average Bonchev–Trinajstić information content (AvgIpc) is 2.91. The molecule has 0 saturated carbocycles. The Morgan fingerprint density at radius 2 is 1.83 bits per heavy atom. The van der Waals surface area contributed by atoms with Crippen LogP contribution < -0.4 is 4.90 Å². The van der Waals surface area contributed by atoms with Gasteiger partial charge in [-0.15, -0.1) is 0 Å². The van der Waals surface area contributed by atoms with Crippen molar-refractivity contribution in [1.29, 1.82) is 0 Å². The summed E-state index contributed by atoms with van der Waals surface area (Å²) < 4.78 is 13.2. The topological polar surface area (TPSA) is 47.0 Å². The Hall–Kier alpha value is -1.66. The number of hydrogen-bond donors (Lipinski definition) is 1. The molecule has 3 aliphatic heterocycles. The highest BCUT2D eigenvalue weighted by atomic mass is 19.1. The third kappa shape index (κ3) is 4.75. The lowest BCUT2D eigenvalue weighted by Crippen LogP contribution is -2.57. The van der Waals surface area contributed by atoms with Gasteiger partial charge in [-0.05, 0) is 68.8 Å². The van der Waals surface area contributed by atoms with E-state index in [0.29, 0.717) is 12.0 Å². The van der Waals surface area contributed by atoms with E-state index in [1.807, 2.05) is 17.0 Å². The molecule has 1 aromatic carbocycles. The van der Waals surface area contributed by atoms with Crippen LogP contribution in [0.5, 0.6) is 0 Å². The summed E-state index contributed by atoms with van der Waals surface area (Å²) in [5, 5.41) is 11.4. The van der Waals surface area contributed by atoms with Gasteiger partial charge in [-0.2, -0.15) is 0 Å². The van der Waals surface area contributed by atoms with Gasteiger partial charge in [0.25, 0.3) is 0 Å². The first kappa shape index (κ1) is 20.6. The molecule has 4 rings (SSSR count). The molecule has 1 aromatic rings. The normalized spacial score (nSPS) is 28.0. The molecule has 0 radical (unpaired) electrons. The van der Waals surface area contributed by atoms with Crippen molar-refractivity contribution >= 4 is 11.6 Å². The Balaban J connectivity index is 1.37.